The third-order valence-electron chi connectivity index (χ3n) is 5.72. The molecule has 2 aliphatic heterocycles. The fourth-order valence-electron chi connectivity index (χ4n) is 4.30. The van der Waals surface area contributed by atoms with Crippen LogP contribution in [0, 0.1) is 11.8 Å². The van der Waals surface area contributed by atoms with Crippen LogP contribution in [0.4, 0.5) is 0 Å². The Bertz CT molecular complexity index is 486. The average molecular weight is 380 g/mol. The van der Waals surface area contributed by atoms with Gasteiger partial charge in [-0.05, 0) is 6.92 Å². The number of rotatable bonds is 4. The molecule has 0 spiro atoms. The van der Waals surface area contributed by atoms with Crippen molar-refractivity contribution in [2.45, 2.75) is 74.8 Å². The molecule has 3 aliphatic rings. The van der Waals surface area contributed by atoms with E-state index in [4.69, 9.17) is 18.9 Å². The van der Waals surface area contributed by atoms with Gasteiger partial charge in [0.05, 0.1) is 18.3 Å². The molecule has 3 fully saturated rings. The van der Waals surface area contributed by atoms with Crippen LogP contribution in [-0.2, 0) is 18.9 Å². The van der Waals surface area contributed by atoms with Crippen LogP contribution in [-0.4, -0.2) is 99.3 Å². The lowest BCUT2D eigenvalue weighted by molar-refractivity contribution is -0.381. The molecule has 1 saturated carbocycles. The second kappa shape index (κ2) is 7.55. The van der Waals surface area contributed by atoms with Gasteiger partial charge in [0, 0.05) is 31.8 Å². The van der Waals surface area contributed by atoms with Crippen molar-refractivity contribution in [2.75, 3.05) is 13.7 Å². The van der Waals surface area contributed by atoms with Crippen molar-refractivity contribution < 1.29 is 49.6 Å². The van der Waals surface area contributed by atoms with Gasteiger partial charge in [-0.15, -0.1) is 0 Å². The van der Waals surface area contributed by atoms with Crippen LogP contribution in [0.25, 0.3) is 0 Å². The van der Waals surface area contributed by atoms with E-state index in [9.17, 15) is 30.6 Å². The Balaban J connectivity index is 1.79. The highest BCUT2D eigenvalue weighted by molar-refractivity contribution is 5.03. The van der Waals surface area contributed by atoms with E-state index >= 15 is 0 Å². The lowest BCUT2D eigenvalue weighted by Crippen LogP contribution is -2.61. The Hall–Kier alpha value is -0.400. The summed E-state index contributed by atoms with van der Waals surface area (Å²) in [6.45, 7) is 0.987. The van der Waals surface area contributed by atoms with E-state index in [0.29, 0.717) is 6.42 Å². The normalized spacial score (nSPS) is 54.9. The predicted octanol–water partition coefficient (Wildman–Crippen LogP) is -2.73. The van der Waals surface area contributed by atoms with Crippen LogP contribution < -0.4 is 0 Å². The summed E-state index contributed by atoms with van der Waals surface area (Å²) in [5.74, 6) is -0.963. The molecule has 6 N–H and O–H groups in total. The van der Waals surface area contributed by atoms with Crippen molar-refractivity contribution in [3.63, 3.8) is 0 Å². The summed E-state index contributed by atoms with van der Waals surface area (Å²) in [6.07, 6.45) is -9.24. The summed E-state index contributed by atoms with van der Waals surface area (Å²) in [7, 11) is 1.44. The van der Waals surface area contributed by atoms with Crippen LogP contribution in [0.15, 0.2) is 0 Å². The number of aliphatic hydroxyl groups is 6. The summed E-state index contributed by atoms with van der Waals surface area (Å²) in [5, 5.41) is 60.2. The van der Waals surface area contributed by atoms with Gasteiger partial charge in [0.2, 0.25) is 0 Å². The summed E-state index contributed by atoms with van der Waals surface area (Å²) in [4.78, 5) is 0. The molecule has 2 heterocycles. The zero-order valence-corrected chi connectivity index (χ0v) is 14.7. The second-order valence-electron chi connectivity index (χ2n) is 7.56. The van der Waals surface area contributed by atoms with E-state index in [1.54, 1.807) is 6.92 Å². The lowest BCUT2D eigenvalue weighted by Gasteiger charge is -2.46. The van der Waals surface area contributed by atoms with E-state index in [1.165, 1.54) is 7.11 Å². The molecule has 10 nitrogen and oxygen atoms in total. The van der Waals surface area contributed by atoms with E-state index in [1.807, 2.05) is 0 Å². The molecular weight excluding hydrogens is 352 g/mol. The van der Waals surface area contributed by atoms with Gasteiger partial charge in [0.1, 0.15) is 24.4 Å². The van der Waals surface area contributed by atoms with Gasteiger partial charge in [-0.1, -0.05) is 0 Å². The van der Waals surface area contributed by atoms with Crippen molar-refractivity contribution in [3.05, 3.63) is 0 Å². The summed E-state index contributed by atoms with van der Waals surface area (Å²) in [6, 6.07) is 0. The van der Waals surface area contributed by atoms with Crippen molar-refractivity contribution >= 4 is 0 Å². The van der Waals surface area contributed by atoms with E-state index in [0.717, 1.165) is 0 Å². The van der Waals surface area contributed by atoms with Crippen LogP contribution in [0.5, 0.6) is 0 Å². The molecule has 26 heavy (non-hydrogen) atoms. The zero-order valence-electron chi connectivity index (χ0n) is 14.7. The molecule has 0 aromatic heterocycles. The Labute approximate surface area is 150 Å². The Kier molecular flexibility index (Phi) is 5.91. The number of ether oxygens (including phenoxy) is 4. The van der Waals surface area contributed by atoms with Gasteiger partial charge >= 0.3 is 0 Å². The van der Waals surface area contributed by atoms with Crippen LogP contribution >= 0.6 is 0 Å². The van der Waals surface area contributed by atoms with Gasteiger partial charge in [-0.25, -0.2) is 0 Å². The Morgan fingerprint density at radius 3 is 2.35 bits per heavy atom. The number of aliphatic hydroxyl groups excluding tert-OH is 5. The van der Waals surface area contributed by atoms with Gasteiger partial charge < -0.3 is 49.6 Å². The highest BCUT2D eigenvalue weighted by atomic mass is 16.8. The SMILES string of the molecule is COC1CC2C(O)CC(C)(O)C2C(OC2OC(CO)C(O)C(O)C2O)O1. The van der Waals surface area contributed by atoms with Gasteiger partial charge in [0.25, 0.3) is 0 Å². The van der Waals surface area contributed by atoms with Crippen LogP contribution in [0.2, 0.25) is 0 Å². The third-order valence-corrected chi connectivity index (χ3v) is 5.72. The number of methoxy groups -OCH3 is 1. The molecule has 1 aliphatic carbocycles. The number of hydrogen-bond acceptors (Lipinski definition) is 10. The van der Waals surface area contributed by atoms with Gasteiger partial charge in [0.15, 0.2) is 18.9 Å². The lowest BCUT2D eigenvalue weighted by atomic mass is 9.82. The molecule has 11 unspecified atom stereocenters. The molecule has 0 aromatic carbocycles. The highest BCUT2D eigenvalue weighted by Gasteiger charge is 2.58. The fraction of sp³-hybridized carbons (Fsp3) is 1.00. The van der Waals surface area contributed by atoms with Crippen LogP contribution in [0.1, 0.15) is 19.8 Å². The standard InChI is InChI=1S/C16H28O10/c1-16(22)4-7(18)6-3-9(23-2)25-14(10(6)16)26-15-13(21)12(20)11(19)8(5-17)24-15/h6-15,17-22H,3-5H2,1-2H3. The second-order valence-corrected chi connectivity index (χ2v) is 7.56. The first-order valence-corrected chi connectivity index (χ1v) is 8.74. The maximum Gasteiger partial charge on any atom is 0.189 e. The van der Waals surface area contributed by atoms with Crippen molar-refractivity contribution in [2.24, 2.45) is 11.8 Å². The minimum atomic E-state index is -1.59. The first kappa shape index (κ1) is 20.3. The predicted molar refractivity (Wildman–Crippen MR) is 83.4 cm³/mol. The smallest absolute Gasteiger partial charge is 0.189 e. The van der Waals surface area contributed by atoms with E-state index < -0.39 is 67.5 Å². The van der Waals surface area contributed by atoms with E-state index in [-0.39, 0.29) is 12.3 Å². The maximum atomic E-state index is 10.7. The Morgan fingerprint density at radius 2 is 1.73 bits per heavy atom. The summed E-state index contributed by atoms with van der Waals surface area (Å²) < 4.78 is 22.0. The minimum absolute atomic E-state index is 0.136. The largest absolute Gasteiger partial charge is 0.394 e. The molecule has 0 radical (unpaired) electrons. The third kappa shape index (κ3) is 3.51. The molecule has 11 atom stereocenters. The summed E-state index contributed by atoms with van der Waals surface area (Å²) in [5.41, 5.74) is -1.28. The molecule has 10 heteroatoms. The quantitative estimate of drug-likeness (QED) is 0.302. The molecular formula is C16H28O10. The number of fused-ring (bicyclic) bond motifs is 1. The molecule has 3 rings (SSSR count). The maximum absolute atomic E-state index is 10.7. The molecule has 0 bridgehead atoms. The first-order chi connectivity index (χ1) is 12.2. The first-order valence-electron chi connectivity index (χ1n) is 8.74. The Morgan fingerprint density at radius 1 is 1.04 bits per heavy atom. The molecule has 0 amide bonds. The molecule has 0 aromatic rings. The summed E-state index contributed by atoms with van der Waals surface area (Å²) >= 11 is 0. The molecule has 2 saturated heterocycles. The van der Waals surface area contributed by atoms with Crippen LogP contribution in [0.3, 0.4) is 0 Å². The fourth-order valence-corrected chi connectivity index (χ4v) is 4.30. The van der Waals surface area contributed by atoms with Crippen molar-refractivity contribution in [3.8, 4) is 0 Å². The van der Waals surface area contributed by atoms with E-state index in [2.05, 4.69) is 0 Å². The zero-order chi connectivity index (χ0) is 19.2. The molecule has 152 valence electrons. The number of hydrogen-bond donors (Lipinski definition) is 6. The topological polar surface area (TPSA) is 158 Å². The average Bonchev–Trinajstić information content (AvgIpc) is 2.84. The van der Waals surface area contributed by atoms with Crippen molar-refractivity contribution in [1.82, 2.24) is 0 Å². The van der Waals surface area contributed by atoms with Crippen molar-refractivity contribution in [1.29, 1.82) is 0 Å². The monoisotopic (exact) mass is 380 g/mol. The van der Waals surface area contributed by atoms with Gasteiger partial charge in [-0.3, -0.25) is 0 Å². The highest BCUT2D eigenvalue weighted by Crippen LogP contribution is 2.49. The minimum Gasteiger partial charge on any atom is -0.394 e. The van der Waals surface area contributed by atoms with Gasteiger partial charge in [-0.2, -0.15) is 0 Å².